The van der Waals surface area contributed by atoms with Gasteiger partial charge in [0.1, 0.15) is 10.6 Å². The van der Waals surface area contributed by atoms with Gasteiger partial charge in [-0.25, -0.2) is 9.97 Å². The third kappa shape index (κ3) is 2.99. The van der Waals surface area contributed by atoms with Gasteiger partial charge >= 0.3 is 0 Å². The molecule has 1 aliphatic rings. The van der Waals surface area contributed by atoms with Crippen LogP contribution < -0.4 is 5.32 Å². The van der Waals surface area contributed by atoms with E-state index < -0.39 is 0 Å². The van der Waals surface area contributed by atoms with E-state index in [1.165, 1.54) is 17.7 Å². The summed E-state index contributed by atoms with van der Waals surface area (Å²) in [5.41, 5.74) is 0. The molecule has 6 heteroatoms. The molecule has 0 saturated carbocycles. The van der Waals surface area contributed by atoms with E-state index in [9.17, 15) is 0 Å². The van der Waals surface area contributed by atoms with Crippen molar-refractivity contribution in [3.63, 3.8) is 0 Å². The highest BCUT2D eigenvalue weighted by Gasteiger charge is 2.15. The Kier molecular flexibility index (Phi) is 3.86. The van der Waals surface area contributed by atoms with Crippen LogP contribution >= 0.6 is 22.9 Å². The third-order valence-electron chi connectivity index (χ3n) is 3.27. The lowest BCUT2D eigenvalue weighted by Crippen LogP contribution is -2.13. The van der Waals surface area contributed by atoms with Crippen molar-refractivity contribution in [2.24, 2.45) is 0 Å². The van der Waals surface area contributed by atoms with Gasteiger partial charge in [-0.1, -0.05) is 0 Å². The van der Waals surface area contributed by atoms with E-state index in [-0.39, 0.29) is 0 Å². The number of hydrogen-bond donors (Lipinski definition) is 1. The molecule has 4 nitrogen and oxygen atoms in total. The van der Waals surface area contributed by atoms with Crippen LogP contribution in [0.25, 0.3) is 10.2 Å². The summed E-state index contributed by atoms with van der Waals surface area (Å²) in [5.74, 6) is 0.831. The van der Waals surface area contributed by atoms with Crippen molar-refractivity contribution in [1.82, 2.24) is 9.97 Å². The van der Waals surface area contributed by atoms with Crippen LogP contribution in [0.1, 0.15) is 24.1 Å². The Morgan fingerprint density at radius 2 is 2.42 bits per heavy atom. The molecular formula is C13H16ClN3OS. The fourth-order valence-corrected chi connectivity index (χ4v) is 3.47. The Bertz CT molecular complexity index is 581. The fraction of sp³-hybridized carbons (Fsp3) is 0.538. The standard InChI is InChI=1S/C13H16ClN3OS/c1-8-7-10-11(16-13(14)17-12(10)19-8)15-5-4-9-3-2-6-18-9/h7,9H,2-6H2,1H3,(H,15,16,17). The van der Waals surface area contributed by atoms with Crippen LogP contribution in [0, 0.1) is 6.92 Å². The zero-order chi connectivity index (χ0) is 13.2. The van der Waals surface area contributed by atoms with Gasteiger partial charge in [0, 0.05) is 18.0 Å². The first kappa shape index (κ1) is 13.1. The number of aryl methyl sites for hydroxylation is 1. The molecule has 0 bridgehead atoms. The Balaban J connectivity index is 1.72. The molecule has 3 rings (SSSR count). The maximum absolute atomic E-state index is 5.96. The van der Waals surface area contributed by atoms with E-state index in [0.29, 0.717) is 11.4 Å². The number of rotatable bonds is 4. The van der Waals surface area contributed by atoms with Crippen molar-refractivity contribution in [3.8, 4) is 0 Å². The van der Waals surface area contributed by atoms with Crippen molar-refractivity contribution >= 4 is 39.0 Å². The molecule has 1 unspecified atom stereocenters. The van der Waals surface area contributed by atoms with Gasteiger partial charge in [-0.05, 0) is 43.9 Å². The number of ether oxygens (including phenoxy) is 1. The van der Waals surface area contributed by atoms with Crippen LogP contribution in [-0.2, 0) is 4.74 Å². The number of nitrogens with zero attached hydrogens (tertiary/aromatic N) is 2. The number of hydrogen-bond acceptors (Lipinski definition) is 5. The molecule has 0 aliphatic carbocycles. The topological polar surface area (TPSA) is 47.0 Å². The van der Waals surface area contributed by atoms with Gasteiger partial charge in [0.2, 0.25) is 5.28 Å². The van der Waals surface area contributed by atoms with Gasteiger partial charge < -0.3 is 10.1 Å². The summed E-state index contributed by atoms with van der Waals surface area (Å²) in [5, 5.41) is 4.71. The Labute approximate surface area is 121 Å². The molecule has 1 saturated heterocycles. The summed E-state index contributed by atoms with van der Waals surface area (Å²) in [6, 6.07) is 2.10. The summed E-state index contributed by atoms with van der Waals surface area (Å²) in [6.07, 6.45) is 3.74. The quantitative estimate of drug-likeness (QED) is 0.875. The van der Waals surface area contributed by atoms with Crippen molar-refractivity contribution < 1.29 is 4.74 Å². The molecule has 1 N–H and O–H groups in total. The highest BCUT2D eigenvalue weighted by molar-refractivity contribution is 7.18. The zero-order valence-electron chi connectivity index (χ0n) is 10.8. The normalized spacial score (nSPS) is 19.2. The van der Waals surface area contributed by atoms with E-state index in [0.717, 1.165) is 35.6 Å². The lowest BCUT2D eigenvalue weighted by Gasteiger charge is -2.11. The molecule has 0 amide bonds. The predicted octanol–water partition coefficient (Wildman–Crippen LogP) is 3.63. The molecule has 102 valence electrons. The average molecular weight is 298 g/mol. The number of halogens is 1. The first-order valence-electron chi connectivity index (χ1n) is 6.51. The molecule has 1 fully saturated rings. The molecule has 2 aromatic rings. The van der Waals surface area contributed by atoms with E-state index in [4.69, 9.17) is 16.3 Å². The molecule has 0 aromatic carbocycles. The molecule has 19 heavy (non-hydrogen) atoms. The Hall–Kier alpha value is -0.910. The molecule has 2 aromatic heterocycles. The van der Waals surface area contributed by atoms with Crippen LogP contribution in [-0.4, -0.2) is 29.2 Å². The van der Waals surface area contributed by atoms with Crippen LogP contribution in [0.5, 0.6) is 0 Å². The minimum absolute atomic E-state index is 0.300. The van der Waals surface area contributed by atoms with Crippen LogP contribution in [0.4, 0.5) is 5.82 Å². The second kappa shape index (κ2) is 5.61. The van der Waals surface area contributed by atoms with Gasteiger partial charge in [0.25, 0.3) is 0 Å². The first-order valence-corrected chi connectivity index (χ1v) is 7.71. The number of anilines is 1. The van der Waals surface area contributed by atoms with Crippen LogP contribution in [0.3, 0.4) is 0 Å². The molecular weight excluding hydrogens is 282 g/mol. The van der Waals surface area contributed by atoms with E-state index in [1.807, 2.05) is 0 Å². The van der Waals surface area contributed by atoms with Gasteiger partial charge in [-0.3, -0.25) is 0 Å². The van der Waals surface area contributed by atoms with Gasteiger partial charge in [0.15, 0.2) is 0 Å². The Morgan fingerprint density at radius 1 is 1.53 bits per heavy atom. The summed E-state index contributed by atoms with van der Waals surface area (Å²) in [6.45, 7) is 3.82. The maximum atomic E-state index is 5.96. The number of aromatic nitrogens is 2. The van der Waals surface area contributed by atoms with Gasteiger partial charge in [-0.15, -0.1) is 11.3 Å². The lowest BCUT2D eigenvalue weighted by atomic mass is 10.2. The molecule has 3 heterocycles. The van der Waals surface area contributed by atoms with Gasteiger partial charge in [-0.2, -0.15) is 0 Å². The summed E-state index contributed by atoms with van der Waals surface area (Å²) >= 11 is 7.60. The third-order valence-corrected chi connectivity index (χ3v) is 4.38. The lowest BCUT2D eigenvalue weighted by molar-refractivity contribution is 0.107. The van der Waals surface area contributed by atoms with Crippen molar-refractivity contribution in [3.05, 3.63) is 16.2 Å². The summed E-state index contributed by atoms with van der Waals surface area (Å²) in [4.78, 5) is 10.7. The highest BCUT2D eigenvalue weighted by Crippen LogP contribution is 2.29. The number of thiophene rings is 1. The highest BCUT2D eigenvalue weighted by atomic mass is 35.5. The van der Waals surface area contributed by atoms with E-state index in [1.54, 1.807) is 11.3 Å². The minimum atomic E-state index is 0.300. The smallest absolute Gasteiger partial charge is 0.225 e. The Morgan fingerprint density at radius 3 is 3.21 bits per heavy atom. The first-order chi connectivity index (χ1) is 9.22. The zero-order valence-corrected chi connectivity index (χ0v) is 12.4. The second-order valence-corrected chi connectivity index (χ2v) is 6.34. The second-order valence-electron chi connectivity index (χ2n) is 4.77. The van der Waals surface area contributed by atoms with E-state index >= 15 is 0 Å². The monoisotopic (exact) mass is 297 g/mol. The average Bonchev–Trinajstić information content (AvgIpc) is 2.97. The largest absolute Gasteiger partial charge is 0.378 e. The number of nitrogens with one attached hydrogen (secondary N) is 1. The minimum Gasteiger partial charge on any atom is -0.378 e. The molecule has 0 spiro atoms. The fourth-order valence-electron chi connectivity index (χ4n) is 2.37. The molecule has 1 atom stereocenters. The van der Waals surface area contributed by atoms with Crippen molar-refractivity contribution in [2.75, 3.05) is 18.5 Å². The van der Waals surface area contributed by atoms with Crippen molar-refractivity contribution in [1.29, 1.82) is 0 Å². The van der Waals surface area contributed by atoms with E-state index in [2.05, 4.69) is 28.3 Å². The number of fused-ring (bicyclic) bond motifs is 1. The van der Waals surface area contributed by atoms with Gasteiger partial charge in [0.05, 0.1) is 11.5 Å². The van der Waals surface area contributed by atoms with Crippen LogP contribution in [0.15, 0.2) is 6.07 Å². The predicted molar refractivity (Wildman–Crippen MR) is 79.2 cm³/mol. The maximum Gasteiger partial charge on any atom is 0.225 e. The van der Waals surface area contributed by atoms with Crippen molar-refractivity contribution in [2.45, 2.75) is 32.3 Å². The summed E-state index contributed by atoms with van der Waals surface area (Å²) in [7, 11) is 0. The molecule has 0 radical (unpaired) electrons. The summed E-state index contributed by atoms with van der Waals surface area (Å²) < 4.78 is 5.61. The SMILES string of the molecule is Cc1cc2c(NCCC3CCCO3)nc(Cl)nc2s1. The van der Waals surface area contributed by atoms with Crippen LogP contribution in [0.2, 0.25) is 5.28 Å². The molecule has 1 aliphatic heterocycles.